The predicted molar refractivity (Wildman–Crippen MR) is 132 cm³/mol. The van der Waals surface area contributed by atoms with E-state index in [1.54, 1.807) is 6.07 Å². The van der Waals surface area contributed by atoms with Crippen molar-refractivity contribution in [3.63, 3.8) is 0 Å². The van der Waals surface area contributed by atoms with E-state index in [0.29, 0.717) is 30.2 Å². The molecule has 2 aliphatic rings. The summed E-state index contributed by atoms with van der Waals surface area (Å²) in [4.78, 5) is 15.4. The van der Waals surface area contributed by atoms with E-state index in [1.807, 2.05) is 17.0 Å². The molecule has 0 atom stereocenters. The van der Waals surface area contributed by atoms with Crippen LogP contribution >= 0.6 is 0 Å². The van der Waals surface area contributed by atoms with Crippen LogP contribution in [0.25, 0.3) is 0 Å². The zero-order valence-electron chi connectivity index (χ0n) is 21.7. The Bertz CT molecular complexity index is 1330. The van der Waals surface area contributed by atoms with E-state index >= 15 is 0 Å². The summed E-state index contributed by atoms with van der Waals surface area (Å²) in [6.07, 6.45) is -10.3. The number of fused-ring (bicyclic) bond motifs is 1. The lowest BCUT2D eigenvalue weighted by Gasteiger charge is -2.41. The third kappa shape index (κ3) is 6.02. The second kappa shape index (κ2) is 10.8. The number of carbonyl (C=O) groups is 1. The first-order chi connectivity index (χ1) is 18.5. The number of rotatable bonds is 7. The number of ether oxygens (including phenoxy) is 2. The Balaban J connectivity index is 1.52. The van der Waals surface area contributed by atoms with E-state index in [4.69, 9.17) is 9.47 Å². The fraction of sp³-hybridized carbons (Fsp3) is 0.500. The minimum absolute atomic E-state index is 0.00803. The second-order valence-electron chi connectivity index (χ2n) is 10.1. The highest BCUT2D eigenvalue weighted by Crippen LogP contribution is 2.38. The summed E-state index contributed by atoms with van der Waals surface area (Å²) in [5.41, 5.74) is -2.60. The fourth-order valence-electron chi connectivity index (χ4n) is 4.93. The van der Waals surface area contributed by atoms with Crippen LogP contribution in [0.15, 0.2) is 36.4 Å². The van der Waals surface area contributed by atoms with Crippen LogP contribution < -0.4 is 14.8 Å². The summed E-state index contributed by atoms with van der Waals surface area (Å²) < 4.78 is 115. The third-order valence-electron chi connectivity index (χ3n) is 7.19. The first-order valence-corrected chi connectivity index (χ1v) is 14.0. The van der Waals surface area contributed by atoms with E-state index in [-0.39, 0.29) is 38.8 Å². The van der Waals surface area contributed by atoms with Crippen LogP contribution in [0.2, 0.25) is 0 Å². The Kier molecular flexibility index (Phi) is 8.07. The number of likely N-dealkylation sites (tertiary alicyclic amines) is 1. The molecule has 2 aliphatic heterocycles. The molecule has 1 amide bonds. The van der Waals surface area contributed by atoms with Crippen molar-refractivity contribution in [3.8, 4) is 11.5 Å². The molecule has 40 heavy (non-hydrogen) atoms. The molecule has 0 aromatic heterocycles. The van der Waals surface area contributed by atoms with Gasteiger partial charge >= 0.3 is 12.4 Å². The molecule has 2 heterocycles. The van der Waals surface area contributed by atoms with Gasteiger partial charge in [-0.3, -0.25) is 9.69 Å². The van der Waals surface area contributed by atoms with E-state index in [1.165, 1.54) is 13.8 Å². The molecule has 0 bridgehead atoms. The Morgan fingerprint density at radius 3 is 2.05 bits per heavy atom. The number of piperidine rings is 1. The van der Waals surface area contributed by atoms with Gasteiger partial charge < -0.3 is 14.8 Å². The summed E-state index contributed by atoms with van der Waals surface area (Å²) in [6.45, 7) is 3.14. The second-order valence-corrected chi connectivity index (χ2v) is 13.0. The third-order valence-corrected chi connectivity index (χ3v) is 10.1. The maximum Gasteiger partial charge on any atom is 0.416 e. The normalized spacial score (nSPS) is 17.7. The maximum absolute atomic E-state index is 13.4. The minimum atomic E-state index is -5.05. The summed E-state index contributed by atoms with van der Waals surface area (Å²) in [5.74, 6) is 0.257. The average molecular weight is 595 g/mol. The van der Waals surface area contributed by atoms with E-state index in [0.717, 1.165) is 5.56 Å². The van der Waals surface area contributed by atoms with Crippen LogP contribution in [-0.2, 0) is 40.1 Å². The summed E-state index contributed by atoms with van der Waals surface area (Å²) in [5, 5.41) is 1.38. The Hall–Kier alpha value is -3.00. The van der Waals surface area contributed by atoms with Gasteiger partial charge in [-0.15, -0.1) is 0 Å². The molecular weight excluding hydrogens is 566 g/mol. The number of amides is 1. The highest BCUT2D eigenvalue weighted by molar-refractivity contribution is 7.94. The average Bonchev–Trinajstić information content (AvgIpc) is 3.34. The van der Waals surface area contributed by atoms with Gasteiger partial charge in [-0.25, -0.2) is 8.42 Å². The number of carbonyl (C=O) groups excluding carboxylic acids is 1. The summed E-state index contributed by atoms with van der Waals surface area (Å²) >= 11 is 0. The van der Waals surface area contributed by atoms with Gasteiger partial charge in [-0.2, -0.15) is 26.3 Å². The lowest BCUT2D eigenvalue weighted by atomic mass is 9.94. The van der Waals surface area contributed by atoms with E-state index in [2.05, 4.69) is 5.32 Å². The first-order valence-electron chi connectivity index (χ1n) is 12.4. The van der Waals surface area contributed by atoms with Crippen molar-refractivity contribution >= 4 is 15.7 Å². The highest BCUT2D eigenvalue weighted by Gasteiger charge is 2.53. The molecule has 4 rings (SSSR count). The van der Waals surface area contributed by atoms with Gasteiger partial charge in [-0.05, 0) is 68.1 Å². The molecule has 1 fully saturated rings. The number of hydrogen-bond donors (Lipinski definition) is 1. The van der Waals surface area contributed by atoms with Gasteiger partial charge in [0.15, 0.2) is 26.1 Å². The minimum Gasteiger partial charge on any atom is -0.454 e. The fourth-order valence-corrected chi connectivity index (χ4v) is 6.91. The molecule has 0 saturated carbocycles. The molecule has 0 aliphatic carbocycles. The van der Waals surface area contributed by atoms with Crippen molar-refractivity contribution in [1.29, 1.82) is 0 Å². The van der Waals surface area contributed by atoms with E-state index in [9.17, 15) is 39.6 Å². The van der Waals surface area contributed by atoms with Crippen molar-refractivity contribution in [2.24, 2.45) is 0 Å². The standard InChI is InChI=1S/C26H28F6N2O5S/c1-16(2)40(36,37)24(5-7-34(8-6-24)14-17-3-4-21-22(11-17)39-15-38-21)23(35)33-13-18-9-19(25(27,28)29)12-20(10-18)26(30,31)32/h3-4,9-12,16H,5-8,13-15H2,1-2H3,(H,33,35). The van der Waals surface area contributed by atoms with Crippen LogP contribution in [0, 0.1) is 0 Å². The van der Waals surface area contributed by atoms with Crippen LogP contribution in [0.3, 0.4) is 0 Å². The monoisotopic (exact) mass is 594 g/mol. The van der Waals surface area contributed by atoms with Crippen molar-refractivity contribution in [3.05, 3.63) is 58.7 Å². The largest absolute Gasteiger partial charge is 0.454 e. The molecule has 0 unspecified atom stereocenters. The van der Waals surface area contributed by atoms with Crippen LogP contribution in [-0.4, -0.2) is 49.1 Å². The molecule has 1 saturated heterocycles. The number of benzene rings is 2. The number of hydrogen-bond acceptors (Lipinski definition) is 6. The molecule has 220 valence electrons. The lowest BCUT2D eigenvalue weighted by molar-refractivity contribution is -0.143. The molecule has 0 radical (unpaired) electrons. The number of sulfone groups is 1. The van der Waals surface area contributed by atoms with Gasteiger partial charge in [0.1, 0.15) is 0 Å². The molecule has 0 spiro atoms. The van der Waals surface area contributed by atoms with Crippen LogP contribution in [0.5, 0.6) is 11.5 Å². The maximum atomic E-state index is 13.4. The Labute approximate surface area is 227 Å². The molecule has 7 nitrogen and oxygen atoms in total. The van der Waals surface area contributed by atoms with Crippen molar-refractivity contribution in [2.75, 3.05) is 19.9 Å². The van der Waals surface area contributed by atoms with Crippen molar-refractivity contribution in [2.45, 2.75) is 62.1 Å². The summed E-state index contributed by atoms with van der Waals surface area (Å²) in [6, 6.07) is 6.43. The highest BCUT2D eigenvalue weighted by atomic mass is 32.2. The van der Waals surface area contributed by atoms with Crippen LogP contribution in [0.4, 0.5) is 26.3 Å². The number of nitrogens with zero attached hydrogens (tertiary/aromatic N) is 1. The topological polar surface area (TPSA) is 84.9 Å². The van der Waals surface area contributed by atoms with Gasteiger partial charge in [0, 0.05) is 26.2 Å². The molecule has 1 N–H and O–H groups in total. The number of alkyl halides is 6. The van der Waals surface area contributed by atoms with Gasteiger partial charge in [-0.1, -0.05) is 6.07 Å². The van der Waals surface area contributed by atoms with E-state index < -0.39 is 61.3 Å². The zero-order chi connectivity index (χ0) is 29.5. The predicted octanol–water partition coefficient (Wildman–Crippen LogP) is 4.93. The quantitative estimate of drug-likeness (QED) is 0.458. The lowest BCUT2D eigenvalue weighted by Crippen LogP contribution is -2.59. The van der Waals surface area contributed by atoms with Crippen molar-refractivity contribution in [1.82, 2.24) is 10.2 Å². The zero-order valence-corrected chi connectivity index (χ0v) is 22.5. The van der Waals surface area contributed by atoms with Crippen LogP contribution in [0.1, 0.15) is 48.9 Å². The number of halogens is 6. The van der Waals surface area contributed by atoms with Gasteiger partial charge in [0.05, 0.1) is 16.4 Å². The van der Waals surface area contributed by atoms with Gasteiger partial charge in [0.25, 0.3) is 0 Å². The molecule has 2 aromatic rings. The molecule has 2 aromatic carbocycles. The summed E-state index contributed by atoms with van der Waals surface area (Å²) in [7, 11) is -4.07. The first kappa shape index (κ1) is 30.0. The molecular formula is C26H28F6N2O5S. The van der Waals surface area contributed by atoms with Crippen molar-refractivity contribution < 1.29 is 49.0 Å². The smallest absolute Gasteiger partial charge is 0.416 e. The van der Waals surface area contributed by atoms with Gasteiger partial charge in [0.2, 0.25) is 12.7 Å². The number of nitrogens with one attached hydrogen (secondary N) is 1. The Morgan fingerprint density at radius 2 is 1.50 bits per heavy atom. The Morgan fingerprint density at radius 1 is 0.925 bits per heavy atom. The SMILES string of the molecule is CC(C)S(=O)(=O)C1(C(=O)NCc2cc(C(F)(F)F)cc(C(F)(F)F)c2)CCN(Cc2ccc3c(c2)OCO3)CC1. The molecule has 14 heteroatoms.